The molecule has 0 aromatic carbocycles. The van der Waals surface area contributed by atoms with Gasteiger partial charge in [-0.25, -0.2) is 13.2 Å². The molecule has 0 spiro atoms. The molecule has 3 rings (SSSR count). The summed E-state index contributed by atoms with van der Waals surface area (Å²) in [5, 5.41) is 5.95. The van der Waals surface area contributed by atoms with Gasteiger partial charge in [0.25, 0.3) is 0 Å². The molecule has 2 bridgehead atoms. The smallest absolute Gasteiger partial charge is 0.315 e. The highest BCUT2D eigenvalue weighted by atomic mass is 32.2. The molecule has 2 amide bonds. The molecular formula is C15H26N2O3S. The van der Waals surface area contributed by atoms with Crippen molar-refractivity contribution in [2.75, 3.05) is 11.5 Å². The summed E-state index contributed by atoms with van der Waals surface area (Å²) in [6.45, 7) is 6.91. The number of sulfone groups is 1. The number of hydrogen-bond donors (Lipinski definition) is 2. The van der Waals surface area contributed by atoms with Crippen molar-refractivity contribution in [1.82, 2.24) is 10.6 Å². The van der Waals surface area contributed by atoms with Gasteiger partial charge < -0.3 is 10.6 Å². The van der Waals surface area contributed by atoms with Crippen LogP contribution in [0.3, 0.4) is 0 Å². The largest absolute Gasteiger partial charge is 0.335 e. The summed E-state index contributed by atoms with van der Waals surface area (Å²) in [5.74, 6) is 0.949. The summed E-state index contributed by atoms with van der Waals surface area (Å²) < 4.78 is 22.9. The van der Waals surface area contributed by atoms with Gasteiger partial charge in [-0.1, -0.05) is 20.8 Å². The maximum atomic E-state index is 12.2. The first-order valence-electron chi connectivity index (χ1n) is 7.91. The van der Waals surface area contributed by atoms with Crippen molar-refractivity contribution >= 4 is 15.9 Å². The number of hydrogen-bond acceptors (Lipinski definition) is 3. The maximum Gasteiger partial charge on any atom is 0.315 e. The number of urea groups is 1. The van der Waals surface area contributed by atoms with Gasteiger partial charge in [0.1, 0.15) is 0 Å². The fourth-order valence-corrected chi connectivity index (χ4v) is 6.39. The average Bonchev–Trinajstić information content (AvgIpc) is 2.86. The molecule has 1 aliphatic heterocycles. The predicted molar refractivity (Wildman–Crippen MR) is 81.7 cm³/mol. The minimum atomic E-state index is -2.95. The number of fused-ring (bicyclic) bond motifs is 2. The predicted octanol–water partition coefficient (Wildman–Crippen LogP) is 1.69. The molecule has 1 heterocycles. The van der Waals surface area contributed by atoms with E-state index in [9.17, 15) is 13.2 Å². The maximum absolute atomic E-state index is 12.2. The van der Waals surface area contributed by atoms with Gasteiger partial charge in [0.2, 0.25) is 0 Å². The van der Waals surface area contributed by atoms with Gasteiger partial charge in [0.15, 0.2) is 9.84 Å². The van der Waals surface area contributed by atoms with E-state index in [2.05, 4.69) is 31.4 Å². The van der Waals surface area contributed by atoms with Gasteiger partial charge in [-0.3, -0.25) is 0 Å². The van der Waals surface area contributed by atoms with Gasteiger partial charge in [0.05, 0.1) is 11.5 Å². The molecule has 5 nitrogen and oxygen atoms in total. The van der Waals surface area contributed by atoms with E-state index in [0.29, 0.717) is 12.3 Å². The van der Waals surface area contributed by atoms with Crippen LogP contribution in [0.25, 0.3) is 0 Å². The molecule has 21 heavy (non-hydrogen) atoms. The number of nitrogens with one attached hydrogen (secondary N) is 2. The number of carbonyl (C=O) groups excluding carboxylic acids is 1. The Kier molecular flexibility index (Phi) is 3.32. The Morgan fingerprint density at radius 1 is 1.14 bits per heavy atom. The van der Waals surface area contributed by atoms with E-state index >= 15 is 0 Å². The molecule has 3 fully saturated rings. The summed E-state index contributed by atoms with van der Waals surface area (Å²) in [4.78, 5) is 12.2. The van der Waals surface area contributed by atoms with E-state index in [1.54, 1.807) is 0 Å². The van der Waals surface area contributed by atoms with Crippen LogP contribution in [0.15, 0.2) is 0 Å². The summed E-state index contributed by atoms with van der Waals surface area (Å²) in [6, 6.07) is -0.231. The lowest BCUT2D eigenvalue weighted by molar-refractivity contribution is 0.123. The van der Waals surface area contributed by atoms with E-state index in [4.69, 9.17) is 0 Å². The second kappa shape index (κ2) is 4.61. The van der Waals surface area contributed by atoms with E-state index in [0.717, 1.165) is 12.8 Å². The normalized spacial score (nSPS) is 42.9. The lowest BCUT2D eigenvalue weighted by Crippen LogP contribution is -2.52. The Labute approximate surface area is 127 Å². The van der Waals surface area contributed by atoms with Crippen LogP contribution < -0.4 is 10.6 Å². The van der Waals surface area contributed by atoms with E-state index in [1.165, 1.54) is 6.42 Å². The van der Waals surface area contributed by atoms with Crippen LogP contribution in [0.2, 0.25) is 0 Å². The molecule has 6 heteroatoms. The molecule has 0 aromatic heterocycles. The van der Waals surface area contributed by atoms with Crippen molar-refractivity contribution < 1.29 is 13.2 Å². The molecule has 4 atom stereocenters. The molecule has 2 N–H and O–H groups in total. The Hall–Kier alpha value is -0.780. The van der Waals surface area contributed by atoms with E-state index in [1.807, 2.05) is 0 Å². The van der Waals surface area contributed by atoms with E-state index < -0.39 is 9.84 Å². The zero-order valence-electron chi connectivity index (χ0n) is 13.1. The van der Waals surface area contributed by atoms with Crippen molar-refractivity contribution in [3.63, 3.8) is 0 Å². The second-order valence-corrected chi connectivity index (χ2v) is 10.1. The fraction of sp³-hybridized carbons (Fsp3) is 0.933. The van der Waals surface area contributed by atoms with E-state index in [-0.39, 0.29) is 40.5 Å². The Morgan fingerprint density at radius 2 is 1.86 bits per heavy atom. The van der Waals surface area contributed by atoms with Crippen molar-refractivity contribution in [1.29, 1.82) is 0 Å². The first-order chi connectivity index (χ1) is 9.64. The first kappa shape index (κ1) is 15.1. The standard InChI is InChI=1S/C15H26N2O3S/c1-14(2)10-4-6-15(14,3)12(8-10)17-13(18)16-11-5-7-21(19,20)9-11/h10-12H,4-9H2,1-3H3,(H2,16,17,18)/t10-,11-,12-,15-/m0/s1. The van der Waals surface area contributed by atoms with Gasteiger partial charge >= 0.3 is 6.03 Å². The quantitative estimate of drug-likeness (QED) is 0.814. The van der Waals surface area contributed by atoms with Gasteiger partial charge in [-0.2, -0.15) is 0 Å². The van der Waals surface area contributed by atoms with Crippen molar-refractivity contribution in [2.24, 2.45) is 16.7 Å². The average molecular weight is 314 g/mol. The van der Waals surface area contributed by atoms with Gasteiger partial charge in [-0.05, 0) is 42.4 Å². The lowest BCUT2D eigenvalue weighted by atomic mass is 9.69. The molecule has 0 unspecified atom stereocenters. The highest BCUT2D eigenvalue weighted by Gasteiger charge is 2.61. The zero-order chi connectivity index (χ0) is 15.5. The third-order valence-corrected chi connectivity index (χ3v) is 8.43. The van der Waals surface area contributed by atoms with Crippen LogP contribution in [0, 0.1) is 16.7 Å². The molecular weight excluding hydrogens is 288 g/mol. The lowest BCUT2D eigenvalue weighted by Gasteiger charge is -2.39. The summed E-state index contributed by atoms with van der Waals surface area (Å²) in [5.41, 5.74) is 0.415. The van der Waals surface area contributed by atoms with Crippen molar-refractivity contribution in [2.45, 2.75) is 58.5 Å². The SMILES string of the molecule is CC1(C)[C@H]2CC[C@@]1(C)[C@@H](NC(=O)N[C@H]1CCS(=O)(=O)C1)C2. The first-order valence-corrected chi connectivity index (χ1v) is 9.74. The van der Waals surface area contributed by atoms with Crippen LogP contribution in [-0.4, -0.2) is 38.0 Å². The fourth-order valence-electron chi connectivity index (χ4n) is 4.72. The topological polar surface area (TPSA) is 75.3 Å². The van der Waals surface area contributed by atoms with Gasteiger partial charge in [-0.15, -0.1) is 0 Å². The highest BCUT2D eigenvalue weighted by molar-refractivity contribution is 7.91. The third-order valence-electron chi connectivity index (χ3n) is 6.67. The minimum absolute atomic E-state index is 0.0798. The number of rotatable bonds is 2. The molecule has 2 aliphatic carbocycles. The third kappa shape index (κ3) is 2.35. The summed E-state index contributed by atoms with van der Waals surface area (Å²) in [6.07, 6.45) is 3.99. The van der Waals surface area contributed by atoms with Crippen LogP contribution >= 0.6 is 0 Å². The summed E-state index contributed by atoms with van der Waals surface area (Å²) >= 11 is 0. The number of amides is 2. The molecule has 120 valence electrons. The van der Waals surface area contributed by atoms with Crippen LogP contribution in [0.1, 0.15) is 46.5 Å². The Morgan fingerprint density at radius 3 is 2.33 bits per heavy atom. The summed E-state index contributed by atoms with van der Waals surface area (Å²) in [7, 11) is -2.95. The van der Waals surface area contributed by atoms with Crippen LogP contribution in [-0.2, 0) is 9.84 Å². The highest BCUT2D eigenvalue weighted by Crippen LogP contribution is 2.65. The second-order valence-electron chi connectivity index (χ2n) is 7.88. The number of carbonyl (C=O) groups is 1. The Bertz CT molecular complexity index is 557. The molecule has 3 aliphatic rings. The minimum Gasteiger partial charge on any atom is -0.335 e. The van der Waals surface area contributed by atoms with Gasteiger partial charge in [0, 0.05) is 12.1 Å². The monoisotopic (exact) mass is 314 g/mol. The van der Waals surface area contributed by atoms with Crippen molar-refractivity contribution in [3.05, 3.63) is 0 Å². The van der Waals surface area contributed by atoms with Crippen molar-refractivity contribution in [3.8, 4) is 0 Å². The van der Waals surface area contributed by atoms with Crippen LogP contribution in [0.4, 0.5) is 4.79 Å². The van der Waals surface area contributed by atoms with Crippen LogP contribution in [0.5, 0.6) is 0 Å². The molecule has 2 saturated carbocycles. The zero-order valence-corrected chi connectivity index (χ0v) is 13.9. The molecule has 1 saturated heterocycles. The molecule has 0 aromatic rings. The molecule has 0 radical (unpaired) electrons. The Balaban J connectivity index is 1.60.